The minimum absolute atomic E-state index is 0.0125. The Kier molecular flexibility index (Phi) is 6.39. The zero-order valence-corrected chi connectivity index (χ0v) is 16.5. The number of hydrogen-bond acceptors (Lipinski definition) is 4. The number of amides is 2. The van der Waals surface area contributed by atoms with Gasteiger partial charge in [-0.25, -0.2) is 4.68 Å². The highest BCUT2D eigenvalue weighted by molar-refractivity contribution is 6.05. The summed E-state index contributed by atoms with van der Waals surface area (Å²) in [5.41, 5.74) is 5.78. The number of hydrogen-bond donors (Lipinski definition) is 2. The Labute approximate surface area is 168 Å². The van der Waals surface area contributed by atoms with E-state index >= 15 is 0 Å². The molecular weight excluding hydrogens is 368 g/mol. The average Bonchev–Trinajstić information content (AvgIpc) is 2.74. The van der Waals surface area contributed by atoms with Crippen molar-refractivity contribution in [3.05, 3.63) is 76.2 Å². The minimum atomic E-state index is -0.563. The van der Waals surface area contributed by atoms with Crippen LogP contribution in [0.1, 0.15) is 48.7 Å². The highest BCUT2D eigenvalue weighted by Gasteiger charge is 2.18. The minimum Gasteiger partial charge on any atom is -0.273 e. The van der Waals surface area contributed by atoms with Gasteiger partial charge in [-0.2, -0.15) is 5.10 Å². The molecule has 0 aliphatic rings. The molecule has 150 valence electrons. The molecule has 0 radical (unpaired) electrons. The molecule has 0 spiro atoms. The average molecular weight is 392 g/mol. The van der Waals surface area contributed by atoms with E-state index in [-0.39, 0.29) is 29.5 Å². The lowest BCUT2D eigenvalue weighted by molar-refractivity contribution is -0.122. The summed E-state index contributed by atoms with van der Waals surface area (Å²) in [6.07, 6.45) is 0.939. The van der Waals surface area contributed by atoms with Gasteiger partial charge in [-0.1, -0.05) is 62.4 Å². The van der Waals surface area contributed by atoms with Crippen LogP contribution in [0.15, 0.2) is 59.4 Å². The van der Waals surface area contributed by atoms with E-state index in [2.05, 4.69) is 16.0 Å². The molecule has 3 aromatic rings. The number of nitrogens with one attached hydrogen (secondary N) is 2. The summed E-state index contributed by atoms with van der Waals surface area (Å²) in [6.45, 7) is 4.29. The Morgan fingerprint density at radius 3 is 2.34 bits per heavy atom. The van der Waals surface area contributed by atoms with Crippen molar-refractivity contribution >= 4 is 22.6 Å². The second-order valence-electron chi connectivity index (χ2n) is 6.94. The number of carbonyl (C=O) groups excluding carboxylic acids is 2. The van der Waals surface area contributed by atoms with Crippen LogP contribution in [-0.4, -0.2) is 21.6 Å². The summed E-state index contributed by atoms with van der Waals surface area (Å²) in [4.78, 5) is 37.4. The Morgan fingerprint density at radius 2 is 1.66 bits per heavy atom. The molecule has 2 aromatic carbocycles. The summed E-state index contributed by atoms with van der Waals surface area (Å²) >= 11 is 0. The monoisotopic (exact) mass is 392 g/mol. The predicted molar refractivity (Wildman–Crippen MR) is 111 cm³/mol. The van der Waals surface area contributed by atoms with Gasteiger partial charge in [0, 0.05) is 18.4 Å². The van der Waals surface area contributed by atoms with Crippen molar-refractivity contribution < 1.29 is 9.59 Å². The molecule has 0 fully saturated rings. The van der Waals surface area contributed by atoms with Crippen molar-refractivity contribution in [2.24, 2.45) is 0 Å². The quantitative estimate of drug-likeness (QED) is 0.631. The molecular formula is C22H24N4O3. The lowest BCUT2D eigenvalue weighted by Crippen LogP contribution is -2.43. The van der Waals surface area contributed by atoms with Crippen LogP contribution in [0.3, 0.4) is 0 Å². The number of benzene rings is 2. The van der Waals surface area contributed by atoms with Crippen LogP contribution in [0.5, 0.6) is 0 Å². The van der Waals surface area contributed by atoms with Crippen LogP contribution in [-0.2, 0) is 11.3 Å². The van der Waals surface area contributed by atoms with E-state index < -0.39 is 5.91 Å². The molecule has 7 heteroatoms. The number of nitrogens with zero attached hydrogens (tertiary/aromatic N) is 2. The molecule has 0 saturated heterocycles. The maximum absolute atomic E-state index is 12.7. The zero-order valence-electron chi connectivity index (χ0n) is 16.5. The SMILES string of the molecule is CCCn1nc(C(=O)NNC(=O)CC(C)c2ccccc2)c2ccccc2c1=O. The van der Waals surface area contributed by atoms with Gasteiger partial charge in [-0.15, -0.1) is 0 Å². The van der Waals surface area contributed by atoms with Gasteiger partial charge in [0.15, 0.2) is 5.69 Å². The molecule has 0 aliphatic heterocycles. The van der Waals surface area contributed by atoms with Crippen LogP contribution in [0.2, 0.25) is 0 Å². The van der Waals surface area contributed by atoms with E-state index in [0.717, 1.165) is 5.56 Å². The smallest absolute Gasteiger partial charge is 0.273 e. The topological polar surface area (TPSA) is 93.1 Å². The lowest BCUT2D eigenvalue weighted by atomic mass is 9.98. The number of carbonyl (C=O) groups is 2. The standard InChI is InChI=1S/C22H24N4O3/c1-3-13-26-22(29)18-12-8-7-11-17(18)20(25-26)21(28)24-23-19(27)14-15(2)16-9-5-4-6-10-16/h4-12,15H,3,13-14H2,1-2H3,(H,23,27)(H,24,28). The van der Waals surface area contributed by atoms with Gasteiger partial charge in [0.25, 0.3) is 11.5 Å². The molecule has 7 nitrogen and oxygen atoms in total. The Balaban J connectivity index is 1.74. The molecule has 1 unspecified atom stereocenters. The third-order valence-corrected chi connectivity index (χ3v) is 4.69. The van der Waals surface area contributed by atoms with Gasteiger partial charge >= 0.3 is 0 Å². The lowest BCUT2D eigenvalue weighted by Gasteiger charge is -2.13. The summed E-state index contributed by atoms with van der Waals surface area (Å²) in [5, 5.41) is 5.09. The third-order valence-electron chi connectivity index (χ3n) is 4.69. The number of rotatable bonds is 6. The maximum atomic E-state index is 12.7. The molecule has 0 saturated carbocycles. The molecule has 1 aromatic heterocycles. The first-order chi connectivity index (χ1) is 14.0. The van der Waals surface area contributed by atoms with Gasteiger partial charge < -0.3 is 0 Å². The largest absolute Gasteiger partial charge is 0.290 e. The van der Waals surface area contributed by atoms with Crippen LogP contribution >= 0.6 is 0 Å². The van der Waals surface area contributed by atoms with Gasteiger partial charge in [0.05, 0.1) is 5.39 Å². The van der Waals surface area contributed by atoms with Crippen molar-refractivity contribution in [2.45, 2.75) is 39.2 Å². The van der Waals surface area contributed by atoms with E-state index in [1.807, 2.05) is 44.2 Å². The first-order valence-corrected chi connectivity index (χ1v) is 9.65. The van der Waals surface area contributed by atoms with Crippen LogP contribution in [0.25, 0.3) is 10.8 Å². The molecule has 1 heterocycles. The highest BCUT2D eigenvalue weighted by Crippen LogP contribution is 2.18. The second kappa shape index (κ2) is 9.14. The van der Waals surface area contributed by atoms with Gasteiger partial charge in [-0.3, -0.25) is 25.2 Å². The van der Waals surface area contributed by atoms with E-state index in [9.17, 15) is 14.4 Å². The van der Waals surface area contributed by atoms with Crippen LogP contribution in [0.4, 0.5) is 0 Å². The Bertz CT molecular complexity index is 1080. The van der Waals surface area contributed by atoms with Crippen molar-refractivity contribution in [2.75, 3.05) is 0 Å². The molecule has 2 amide bonds. The number of fused-ring (bicyclic) bond motifs is 1. The fourth-order valence-corrected chi connectivity index (χ4v) is 3.18. The van der Waals surface area contributed by atoms with E-state index in [1.54, 1.807) is 24.3 Å². The Morgan fingerprint density at radius 1 is 1.00 bits per heavy atom. The van der Waals surface area contributed by atoms with Crippen molar-refractivity contribution in [1.29, 1.82) is 0 Å². The number of hydrazine groups is 1. The van der Waals surface area contributed by atoms with Gasteiger partial charge in [-0.05, 0) is 24.0 Å². The third kappa shape index (κ3) is 4.68. The highest BCUT2D eigenvalue weighted by atomic mass is 16.2. The first kappa shape index (κ1) is 20.3. The van der Waals surface area contributed by atoms with E-state index in [0.29, 0.717) is 23.7 Å². The molecule has 3 rings (SSSR count). The van der Waals surface area contributed by atoms with Crippen molar-refractivity contribution in [3.8, 4) is 0 Å². The Hall–Kier alpha value is -3.48. The van der Waals surface area contributed by atoms with Gasteiger partial charge in [0.1, 0.15) is 0 Å². The van der Waals surface area contributed by atoms with Crippen LogP contribution in [0, 0.1) is 0 Å². The van der Waals surface area contributed by atoms with Crippen LogP contribution < -0.4 is 16.4 Å². The predicted octanol–water partition coefficient (Wildman–Crippen LogP) is 2.76. The second-order valence-corrected chi connectivity index (χ2v) is 6.94. The molecule has 0 aliphatic carbocycles. The summed E-state index contributed by atoms with van der Waals surface area (Å²) < 4.78 is 1.29. The summed E-state index contributed by atoms with van der Waals surface area (Å²) in [5.74, 6) is -0.855. The molecule has 2 N–H and O–H groups in total. The van der Waals surface area contributed by atoms with Gasteiger partial charge in [0.2, 0.25) is 5.91 Å². The first-order valence-electron chi connectivity index (χ1n) is 9.65. The summed E-state index contributed by atoms with van der Waals surface area (Å²) in [6, 6.07) is 16.5. The fraction of sp³-hybridized carbons (Fsp3) is 0.273. The molecule has 0 bridgehead atoms. The number of aromatic nitrogens is 2. The van der Waals surface area contributed by atoms with Crippen molar-refractivity contribution in [1.82, 2.24) is 20.6 Å². The van der Waals surface area contributed by atoms with Crippen molar-refractivity contribution in [3.63, 3.8) is 0 Å². The van der Waals surface area contributed by atoms with E-state index in [4.69, 9.17) is 0 Å². The normalized spacial score (nSPS) is 11.8. The van der Waals surface area contributed by atoms with E-state index in [1.165, 1.54) is 4.68 Å². The fourth-order valence-electron chi connectivity index (χ4n) is 3.18. The number of aryl methyl sites for hydroxylation is 1. The molecule has 29 heavy (non-hydrogen) atoms. The zero-order chi connectivity index (χ0) is 20.8. The molecule has 1 atom stereocenters. The summed E-state index contributed by atoms with van der Waals surface area (Å²) in [7, 11) is 0. The maximum Gasteiger partial charge on any atom is 0.290 e.